The van der Waals surface area contributed by atoms with Gasteiger partial charge in [0.15, 0.2) is 11.6 Å². The molecule has 0 aliphatic heterocycles. The molecule has 1 aliphatic carbocycles. The molecule has 1 aromatic carbocycles. The van der Waals surface area contributed by atoms with E-state index < -0.39 is 11.6 Å². The van der Waals surface area contributed by atoms with Crippen LogP contribution in [0, 0.1) is 17.6 Å². The van der Waals surface area contributed by atoms with Crippen LogP contribution in [0.15, 0.2) is 18.2 Å². The Kier molecular flexibility index (Phi) is 3.91. The molecule has 0 saturated heterocycles. The van der Waals surface area contributed by atoms with Gasteiger partial charge in [-0.1, -0.05) is 6.07 Å². The Labute approximate surface area is 104 Å². The van der Waals surface area contributed by atoms with Crippen LogP contribution in [0.4, 0.5) is 8.78 Å². The van der Waals surface area contributed by atoms with Gasteiger partial charge in [0.05, 0.1) is 6.42 Å². The molecule has 0 aromatic heterocycles. The number of amides is 1. The second kappa shape index (κ2) is 5.44. The summed E-state index contributed by atoms with van der Waals surface area (Å²) in [6, 6.07) is 3.48. The van der Waals surface area contributed by atoms with E-state index in [1.54, 1.807) is 0 Å². The van der Waals surface area contributed by atoms with Gasteiger partial charge in [-0.2, -0.15) is 0 Å². The van der Waals surface area contributed by atoms with E-state index in [-0.39, 0.29) is 18.4 Å². The molecular formula is C13H16F2N2O. The molecular weight excluding hydrogens is 238 g/mol. The van der Waals surface area contributed by atoms with Crippen LogP contribution in [0.2, 0.25) is 0 Å². The van der Waals surface area contributed by atoms with E-state index >= 15 is 0 Å². The van der Waals surface area contributed by atoms with E-state index in [2.05, 4.69) is 5.32 Å². The minimum Gasteiger partial charge on any atom is -0.352 e. The first-order valence-electron chi connectivity index (χ1n) is 6.03. The summed E-state index contributed by atoms with van der Waals surface area (Å²) in [7, 11) is 0. The molecule has 1 unspecified atom stereocenters. The molecule has 0 radical (unpaired) electrons. The summed E-state index contributed by atoms with van der Waals surface area (Å²) < 4.78 is 25.7. The molecule has 5 heteroatoms. The van der Waals surface area contributed by atoms with Gasteiger partial charge in [-0.15, -0.1) is 0 Å². The fourth-order valence-corrected chi connectivity index (χ4v) is 1.96. The third-order valence-corrected chi connectivity index (χ3v) is 3.14. The summed E-state index contributed by atoms with van der Waals surface area (Å²) in [6.45, 7) is 0.411. The van der Waals surface area contributed by atoms with Gasteiger partial charge in [0, 0.05) is 12.6 Å². The highest BCUT2D eigenvalue weighted by atomic mass is 19.2. The lowest BCUT2D eigenvalue weighted by Gasteiger charge is -2.15. The lowest BCUT2D eigenvalue weighted by atomic mass is 10.1. The van der Waals surface area contributed by atoms with Crippen molar-refractivity contribution < 1.29 is 13.6 Å². The first kappa shape index (κ1) is 13.0. The zero-order valence-corrected chi connectivity index (χ0v) is 9.96. The van der Waals surface area contributed by atoms with Gasteiger partial charge in [0.25, 0.3) is 0 Å². The first-order chi connectivity index (χ1) is 8.60. The monoisotopic (exact) mass is 254 g/mol. The zero-order chi connectivity index (χ0) is 13.1. The van der Waals surface area contributed by atoms with E-state index in [0.29, 0.717) is 18.0 Å². The SMILES string of the molecule is NCC(NC(=O)Cc1ccc(F)c(F)c1)C1CC1. The maximum Gasteiger partial charge on any atom is 0.224 e. The Morgan fingerprint density at radius 1 is 1.39 bits per heavy atom. The number of nitrogens with one attached hydrogen (secondary N) is 1. The second-order valence-electron chi connectivity index (χ2n) is 4.67. The average Bonchev–Trinajstić information content (AvgIpc) is 3.15. The predicted molar refractivity (Wildman–Crippen MR) is 63.8 cm³/mol. The van der Waals surface area contributed by atoms with Crippen LogP contribution in [0.3, 0.4) is 0 Å². The van der Waals surface area contributed by atoms with Crippen LogP contribution in [0.5, 0.6) is 0 Å². The highest BCUT2D eigenvalue weighted by Gasteiger charge is 2.31. The van der Waals surface area contributed by atoms with E-state index in [1.165, 1.54) is 6.07 Å². The minimum absolute atomic E-state index is 0.00259. The van der Waals surface area contributed by atoms with Gasteiger partial charge in [-0.25, -0.2) is 8.78 Å². The normalized spacial score (nSPS) is 16.4. The van der Waals surface area contributed by atoms with Crippen LogP contribution < -0.4 is 11.1 Å². The van der Waals surface area contributed by atoms with Gasteiger partial charge < -0.3 is 11.1 Å². The van der Waals surface area contributed by atoms with Gasteiger partial charge in [0.2, 0.25) is 5.91 Å². The van der Waals surface area contributed by atoms with Crippen LogP contribution in [-0.4, -0.2) is 18.5 Å². The molecule has 1 aromatic rings. The van der Waals surface area contributed by atoms with Gasteiger partial charge >= 0.3 is 0 Å². The topological polar surface area (TPSA) is 55.1 Å². The number of rotatable bonds is 5. The van der Waals surface area contributed by atoms with Crippen LogP contribution in [-0.2, 0) is 11.2 Å². The number of nitrogens with two attached hydrogens (primary N) is 1. The smallest absolute Gasteiger partial charge is 0.224 e. The fourth-order valence-electron chi connectivity index (χ4n) is 1.96. The molecule has 0 heterocycles. The van der Waals surface area contributed by atoms with Crippen LogP contribution >= 0.6 is 0 Å². The molecule has 3 nitrogen and oxygen atoms in total. The summed E-state index contributed by atoms with van der Waals surface area (Å²) in [4.78, 5) is 11.7. The summed E-state index contributed by atoms with van der Waals surface area (Å²) in [5.74, 6) is -1.57. The van der Waals surface area contributed by atoms with E-state index in [9.17, 15) is 13.6 Å². The van der Waals surface area contributed by atoms with Crippen molar-refractivity contribution in [2.24, 2.45) is 11.7 Å². The summed E-state index contributed by atoms with van der Waals surface area (Å²) in [5, 5.41) is 2.83. The molecule has 0 spiro atoms. The molecule has 1 saturated carbocycles. The quantitative estimate of drug-likeness (QED) is 0.833. The third kappa shape index (κ3) is 3.26. The number of carbonyl (C=O) groups excluding carboxylic acids is 1. The second-order valence-corrected chi connectivity index (χ2v) is 4.67. The number of halogens is 2. The third-order valence-electron chi connectivity index (χ3n) is 3.14. The molecule has 3 N–H and O–H groups in total. The standard InChI is InChI=1S/C13H16F2N2O/c14-10-4-1-8(5-11(10)15)6-13(18)17-12(7-16)9-2-3-9/h1,4-5,9,12H,2-3,6-7,16H2,(H,17,18). The van der Waals surface area contributed by atoms with Crippen LogP contribution in [0.1, 0.15) is 18.4 Å². The molecule has 1 aliphatic rings. The average molecular weight is 254 g/mol. The van der Waals surface area contributed by atoms with E-state index in [1.807, 2.05) is 0 Å². The van der Waals surface area contributed by atoms with Gasteiger partial charge in [-0.3, -0.25) is 4.79 Å². The lowest BCUT2D eigenvalue weighted by Crippen LogP contribution is -2.42. The largest absolute Gasteiger partial charge is 0.352 e. The van der Waals surface area contributed by atoms with E-state index in [0.717, 1.165) is 25.0 Å². The maximum atomic E-state index is 13.0. The predicted octanol–water partition coefficient (Wildman–Crippen LogP) is 1.36. The fraction of sp³-hybridized carbons (Fsp3) is 0.462. The van der Waals surface area contributed by atoms with E-state index in [4.69, 9.17) is 5.73 Å². The molecule has 1 fully saturated rings. The number of hydrogen-bond acceptors (Lipinski definition) is 2. The zero-order valence-electron chi connectivity index (χ0n) is 9.96. The van der Waals surface area contributed by atoms with Crippen molar-refractivity contribution in [3.8, 4) is 0 Å². The van der Waals surface area contributed by atoms with Crippen molar-refractivity contribution in [3.05, 3.63) is 35.4 Å². The molecule has 98 valence electrons. The number of hydrogen-bond donors (Lipinski definition) is 2. The maximum absolute atomic E-state index is 13.0. The van der Waals surface area contributed by atoms with Crippen LogP contribution in [0.25, 0.3) is 0 Å². The molecule has 18 heavy (non-hydrogen) atoms. The number of benzene rings is 1. The lowest BCUT2D eigenvalue weighted by molar-refractivity contribution is -0.121. The Hall–Kier alpha value is -1.49. The van der Waals surface area contributed by atoms with Crippen molar-refractivity contribution >= 4 is 5.91 Å². The molecule has 0 bridgehead atoms. The van der Waals surface area contributed by atoms with Crippen molar-refractivity contribution in [1.29, 1.82) is 0 Å². The Morgan fingerprint density at radius 3 is 2.67 bits per heavy atom. The molecule has 1 amide bonds. The Balaban J connectivity index is 1.91. The Morgan fingerprint density at radius 2 is 2.11 bits per heavy atom. The minimum atomic E-state index is -0.933. The van der Waals surface area contributed by atoms with Gasteiger partial charge in [0.1, 0.15) is 0 Å². The first-order valence-corrected chi connectivity index (χ1v) is 6.03. The van der Waals surface area contributed by atoms with Crippen molar-refractivity contribution in [3.63, 3.8) is 0 Å². The summed E-state index contributed by atoms with van der Waals surface area (Å²) >= 11 is 0. The van der Waals surface area contributed by atoms with Crippen molar-refractivity contribution in [1.82, 2.24) is 5.32 Å². The molecule has 2 rings (SSSR count). The summed E-state index contributed by atoms with van der Waals surface area (Å²) in [5.41, 5.74) is 6.03. The highest BCUT2D eigenvalue weighted by molar-refractivity contribution is 5.78. The number of carbonyl (C=O) groups is 1. The van der Waals surface area contributed by atoms with Crippen molar-refractivity contribution in [2.45, 2.75) is 25.3 Å². The van der Waals surface area contributed by atoms with Gasteiger partial charge in [-0.05, 0) is 36.5 Å². The Bertz CT molecular complexity index is 447. The molecule has 1 atom stereocenters. The summed E-state index contributed by atoms with van der Waals surface area (Å²) in [6.07, 6.45) is 2.22. The van der Waals surface area contributed by atoms with Crippen molar-refractivity contribution in [2.75, 3.05) is 6.54 Å². The highest BCUT2D eigenvalue weighted by Crippen LogP contribution is 2.32.